The van der Waals surface area contributed by atoms with E-state index >= 15 is 0 Å². The summed E-state index contributed by atoms with van der Waals surface area (Å²) < 4.78 is 5.34. The van der Waals surface area contributed by atoms with Crippen LogP contribution in [-0.4, -0.2) is 71.1 Å². The Hall–Kier alpha value is -3.06. The minimum Gasteiger partial charge on any atom is -0.497 e. The highest BCUT2D eigenvalue weighted by molar-refractivity contribution is 5.80. The van der Waals surface area contributed by atoms with Gasteiger partial charge in [-0.15, -0.1) is 0 Å². The normalized spacial score (nSPS) is 23.0. The van der Waals surface area contributed by atoms with E-state index in [0.717, 1.165) is 38.0 Å². The summed E-state index contributed by atoms with van der Waals surface area (Å²) in [5.41, 5.74) is 3.91. The number of rotatable bonds is 6. The van der Waals surface area contributed by atoms with Gasteiger partial charge in [-0.3, -0.25) is 9.69 Å². The van der Waals surface area contributed by atoms with Crippen LogP contribution in [-0.2, 0) is 4.79 Å². The van der Waals surface area contributed by atoms with Gasteiger partial charge in [-0.2, -0.15) is 0 Å². The molecule has 1 N–H and O–H groups in total. The van der Waals surface area contributed by atoms with Gasteiger partial charge in [0.05, 0.1) is 19.7 Å². The Bertz CT molecular complexity index is 1150. The van der Waals surface area contributed by atoms with E-state index in [0.29, 0.717) is 25.6 Å². The number of piperazine rings is 1. The molecule has 0 radical (unpaired) electrons. The molecule has 204 valence electrons. The molecule has 5 rings (SSSR count). The minimum absolute atomic E-state index is 0.00277. The average Bonchev–Trinajstić information content (AvgIpc) is 2.91. The number of methoxy groups -OCH3 is 1. The fourth-order valence-corrected chi connectivity index (χ4v) is 6.96. The van der Waals surface area contributed by atoms with Crippen molar-refractivity contribution in [2.75, 3.05) is 33.3 Å². The predicted molar refractivity (Wildman–Crippen MR) is 147 cm³/mol. The lowest BCUT2D eigenvalue weighted by Gasteiger charge is -2.58. The monoisotopic (exact) mass is 519 g/mol. The van der Waals surface area contributed by atoms with E-state index < -0.39 is 6.09 Å². The van der Waals surface area contributed by atoms with Gasteiger partial charge < -0.3 is 19.6 Å². The van der Waals surface area contributed by atoms with Crippen molar-refractivity contribution in [3.63, 3.8) is 0 Å². The van der Waals surface area contributed by atoms with E-state index in [1.165, 1.54) is 21.6 Å². The van der Waals surface area contributed by atoms with Gasteiger partial charge in [0, 0.05) is 31.7 Å². The number of ether oxygens (including phenoxy) is 1. The highest BCUT2D eigenvalue weighted by Crippen LogP contribution is 2.53. The van der Waals surface area contributed by atoms with Gasteiger partial charge in [-0.05, 0) is 72.8 Å². The summed E-state index contributed by atoms with van der Waals surface area (Å²) in [4.78, 5) is 31.4. The second kappa shape index (κ2) is 10.6. The fraction of sp³-hybridized carbons (Fsp3) is 0.548. The van der Waals surface area contributed by atoms with Crippen LogP contribution < -0.4 is 4.74 Å². The molecule has 2 atom stereocenters. The molecule has 2 aromatic carbocycles. The number of hydrogen-bond acceptors (Lipinski definition) is 4. The molecule has 38 heavy (non-hydrogen) atoms. The van der Waals surface area contributed by atoms with Crippen molar-refractivity contribution in [2.24, 2.45) is 5.41 Å². The molecule has 2 heterocycles. The number of nitrogens with zero attached hydrogens (tertiary/aromatic N) is 3. The van der Waals surface area contributed by atoms with Gasteiger partial charge >= 0.3 is 6.09 Å². The number of carbonyl (C=O) groups is 2. The van der Waals surface area contributed by atoms with E-state index in [-0.39, 0.29) is 29.4 Å². The molecular formula is C31H41N3O4. The summed E-state index contributed by atoms with van der Waals surface area (Å²) in [5, 5.41) is 9.36. The maximum atomic E-state index is 13.9. The first-order valence-electron chi connectivity index (χ1n) is 14.0. The molecule has 2 saturated heterocycles. The lowest BCUT2D eigenvalue weighted by molar-refractivity contribution is -0.154. The highest BCUT2D eigenvalue weighted by atomic mass is 16.5. The molecule has 1 aliphatic carbocycles. The quantitative estimate of drug-likeness (QED) is 0.531. The molecule has 7 nitrogen and oxygen atoms in total. The number of carboxylic acid groups (broad SMARTS) is 1. The van der Waals surface area contributed by atoms with Crippen LogP contribution in [0.3, 0.4) is 0 Å². The zero-order chi connectivity index (χ0) is 27.0. The van der Waals surface area contributed by atoms with Crippen molar-refractivity contribution in [1.29, 1.82) is 0 Å². The van der Waals surface area contributed by atoms with Crippen LogP contribution in [0.5, 0.6) is 5.75 Å². The van der Waals surface area contributed by atoms with Crippen molar-refractivity contribution in [3.8, 4) is 5.75 Å². The largest absolute Gasteiger partial charge is 0.497 e. The van der Waals surface area contributed by atoms with Crippen LogP contribution in [0.1, 0.15) is 81.1 Å². The third-order valence-corrected chi connectivity index (χ3v) is 9.32. The van der Waals surface area contributed by atoms with Crippen molar-refractivity contribution >= 4 is 12.0 Å². The predicted octanol–water partition coefficient (Wildman–Crippen LogP) is 5.69. The molecular weight excluding hydrogens is 478 g/mol. The third-order valence-electron chi connectivity index (χ3n) is 9.32. The second-order valence-electron chi connectivity index (χ2n) is 11.8. The zero-order valence-electron chi connectivity index (χ0n) is 23.1. The Morgan fingerprint density at radius 2 is 1.68 bits per heavy atom. The summed E-state index contributed by atoms with van der Waals surface area (Å²) >= 11 is 0. The number of hydrogen-bond donors (Lipinski definition) is 1. The summed E-state index contributed by atoms with van der Waals surface area (Å²) in [6, 6.07) is 17.1. The van der Waals surface area contributed by atoms with E-state index in [4.69, 9.17) is 4.74 Å². The van der Waals surface area contributed by atoms with E-state index in [2.05, 4.69) is 67.0 Å². The Kier molecular flexibility index (Phi) is 7.40. The number of benzene rings is 2. The van der Waals surface area contributed by atoms with Crippen LogP contribution >= 0.6 is 0 Å². The smallest absolute Gasteiger partial charge is 0.407 e. The first-order valence-corrected chi connectivity index (χ1v) is 14.0. The number of carbonyl (C=O) groups excluding carboxylic acids is 1. The molecule has 1 spiro atoms. The Labute approximate surface area is 226 Å². The summed E-state index contributed by atoms with van der Waals surface area (Å²) in [5.74, 6) is 1.40. The molecule has 2 aromatic rings. The maximum absolute atomic E-state index is 13.9. The molecule has 7 heteroatoms. The average molecular weight is 520 g/mol. The van der Waals surface area contributed by atoms with E-state index in [1.807, 2.05) is 12.1 Å². The molecule has 2 amide bonds. The lowest BCUT2D eigenvalue weighted by Crippen LogP contribution is -2.62. The molecule has 1 saturated carbocycles. The van der Waals surface area contributed by atoms with Crippen molar-refractivity contribution in [2.45, 2.75) is 70.5 Å². The van der Waals surface area contributed by atoms with Crippen LogP contribution in [0, 0.1) is 5.41 Å². The second-order valence-corrected chi connectivity index (χ2v) is 11.8. The van der Waals surface area contributed by atoms with Crippen LogP contribution in [0.4, 0.5) is 4.79 Å². The van der Waals surface area contributed by atoms with Gasteiger partial charge in [-0.1, -0.05) is 50.2 Å². The first kappa shape index (κ1) is 26.5. The molecule has 2 unspecified atom stereocenters. The van der Waals surface area contributed by atoms with Gasteiger partial charge in [0.2, 0.25) is 5.91 Å². The molecule has 0 aromatic heterocycles. The molecule has 2 aliphatic heterocycles. The first-order chi connectivity index (χ1) is 18.2. The van der Waals surface area contributed by atoms with E-state index in [9.17, 15) is 14.7 Å². The highest BCUT2D eigenvalue weighted by Gasteiger charge is 2.52. The Morgan fingerprint density at radius 1 is 1.03 bits per heavy atom. The van der Waals surface area contributed by atoms with Crippen molar-refractivity contribution in [1.82, 2.24) is 14.7 Å². The van der Waals surface area contributed by atoms with Crippen LogP contribution in [0.15, 0.2) is 48.5 Å². The summed E-state index contributed by atoms with van der Waals surface area (Å²) in [6.45, 7) is 9.03. The molecule has 0 bridgehead atoms. The SMILES string of the molecule is COc1ccc(C(C)N2CC(=O)N(C3CC4(CCN(C(=O)O)CC4)C3)C(c3ccccc3C(C)C)C2)cc1. The summed E-state index contributed by atoms with van der Waals surface area (Å²) in [7, 11) is 1.67. The topological polar surface area (TPSA) is 73.3 Å². The summed E-state index contributed by atoms with van der Waals surface area (Å²) in [6.07, 6.45) is 2.91. The van der Waals surface area contributed by atoms with Gasteiger partial charge in [0.15, 0.2) is 0 Å². The Morgan fingerprint density at radius 3 is 2.29 bits per heavy atom. The van der Waals surface area contributed by atoms with Gasteiger partial charge in [0.25, 0.3) is 0 Å². The van der Waals surface area contributed by atoms with Crippen LogP contribution in [0.2, 0.25) is 0 Å². The zero-order valence-corrected chi connectivity index (χ0v) is 23.1. The third kappa shape index (κ3) is 5.00. The Balaban J connectivity index is 1.39. The fourth-order valence-electron chi connectivity index (χ4n) is 6.96. The van der Waals surface area contributed by atoms with E-state index in [1.54, 1.807) is 7.11 Å². The number of likely N-dealkylation sites (tertiary alicyclic amines) is 1. The number of piperidine rings is 1. The van der Waals surface area contributed by atoms with Crippen molar-refractivity contribution in [3.05, 3.63) is 65.2 Å². The maximum Gasteiger partial charge on any atom is 0.407 e. The number of amides is 2. The van der Waals surface area contributed by atoms with Crippen molar-refractivity contribution < 1.29 is 19.4 Å². The van der Waals surface area contributed by atoms with Gasteiger partial charge in [0.1, 0.15) is 5.75 Å². The standard InChI is InChI=1S/C31H41N3O4/c1-21(2)26-7-5-6-8-27(26)28-19-33(22(3)23-9-11-25(38-4)12-10-23)20-29(35)34(28)24-17-31(18-24)13-15-32(16-14-31)30(36)37/h5-12,21-22,24,28H,13-20H2,1-4H3,(H,36,37). The van der Waals surface area contributed by atoms with Gasteiger partial charge in [-0.25, -0.2) is 4.79 Å². The lowest BCUT2D eigenvalue weighted by atomic mass is 9.59. The molecule has 3 aliphatic rings. The minimum atomic E-state index is -0.821. The molecule has 3 fully saturated rings. The van der Waals surface area contributed by atoms with Crippen LogP contribution in [0.25, 0.3) is 0 Å².